The molecule has 0 saturated heterocycles. The monoisotopic (exact) mass is 639 g/mol. The van der Waals surface area contributed by atoms with Crippen molar-refractivity contribution in [1.82, 2.24) is 15.3 Å². The molecular formula is C33H39Cl2N5O2S. The van der Waals surface area contributed by atoms with Crippen molar-refractivity contribution in [2.75, 3.05) is 24.3 Å². The predicted octanol–water partition coefficient (Wildman–Crippen LogP) is 7.14. The maximum atomic E-state index is 13.6. The van der Waals surface area contributed by atoms with Gasteiger partial charge in [-0.25, -0.2) is 4.98 Å². The highest BCUT2D eigenvalue weighted by molar-refractivity contribution is 7.99. The molecule has 1 unspecified atom stereocenters. The average Bonchev–Trinajstić information content (AvgIpc) is 3.00. The number of halogens is 2. The summed E-state index contributed by atoms with van der Waals surface area (Å²) in [6.07, 6.45) is 8.06. The van der Waals surface area contributed by atoms with Gasteiger partial charge in [-0.1, -0.05) is 35.3 Å². The zero-order chi connectivity index (χ0) is 30.3. The van der Waals surface area contributed by atoms with Gasteiger partial charge in [0.05, 0.1) is 10.9 Å². The van der Waals surface area contributed by atoms with Crippen molar-refractivity contribution in [3.05, 3.63) is 81.0 Å². The first-order valence-electron chi connectivity index (χ1n) is 15.0. The minimum absolute atomic E-state index is 0.0663. The highest BCUT2D eigenvalue weighted by Gasteiger charge is 2.29. The Morgan fingerprint density at radius 1 is 0.907 bits per heavy atom. The van der Waals surface area contributed by atoms with E-state index in [1.807, 2.05) is 38.4 Å². The molecule has 0 spiro atoms. The highest BCUT2D eigenvalue weighted by Crippen LogP contribution is 2.30. The number of thioether (sulfide) groups is 1. The quantitative estimate of drug-likeness (QED) is 0.216. The number of fused-ring (bicyclic) bond motifs is 1. The van der Waals surface area contributed by atoms with E-state index in [2.05, 4.69) is 15.5 Å². The van der Waals surface area contributed by atoms with Crippen LogP contribution in [-0.4, -0.2) is 53.1 Å². The van der Waals surface area contributed by atoms with Gasteiger partial charge in [-0.15, -0.1) is 11.8 Å². The zero-order valence-corrected chi connectivity index (χ0v) is 27.1. The summed E-state index contributed by atoms with van der Waals surface area (Å²) < 4.78 is 0. The number of hydrogen-bond acceptors (Lipinski definition) is 7. The lowest BCUT2D eigenvalue weighted by molar-refractivity contribution is -0.121. The van der Waals surface area contributed by atoms with Crippen LogP contribution < -0.4 is 15.5 Å². The molecule has 43 heavy (non-hydrogen) atoms. The van der Waals surface area contributed by atoms with E-state index in [0.717, 1.165) is 49.9 Å². The van der Waals surface area contributed by atoms with Gasteiger partial charge in [0.25, 0.3) is 0 Å². The first kappa shape index (κ1) is 31.6. The minimum Gasteiger partial charge on any atom is -0.362 e. The lowest BCUT2D eigenvalue weighted by Gasteiger charge is -2.31. The van der Waals surface area contributed by atoms with Gasteiger partial charge in [-0.05, 0) is 93.3 Å². The number of rotatable bonds is 11. The van der Waals surface area contributed by atoms with E-state index >= 15 is 0 Å². The second-order valence-electron chi connectivity index (χ2n) is 11.7. The van der Waals surface area contributed by atoms with Crippen molar-refractivity contribution in [2.45, 2.75) is 80.9 Å². The van der Waals surface area contributed by atoms with Crippen molar-refractivity contribution in [2.24, 2.45) is 0 Å². The van der Waals surface area contributed by atoms with Crippen molar-refractivity contribution in [3.8, 4) is 0 Å². The standard InChI is InChI=1S/C33H39Cl2N5O2S/c1-40(2)31-27-5-3-4-6-28(27)38-33(39-31)37-26-17-15-25(16-18-26)36-32(42)30(43-20-21-7-11-23(34)12-8-21)19-29(41)22-9-13-24(35)14-10-22/h7-14,25-26,30H,3-6,15-20H2,1-2H3,(H,36,42)(H,37,38,39)/t25-,26+,30?. The second-order valence-corrected chi connectivity index (χ2v) is 13.7. The highest BCUT2D eigenvalue weighted by atomic mass is 35.5. The molecule has 3 aromatic rings. The molecule has 5 rings (SSSR count). The molecule has 2 aliphatic rings. The molecule has 2 N–H and O–H groups in total. The van der Waals surface area contributed by atoms with Gasteiger partial charge < -0.3 is 15.5 Å². The smallest absolute Gasteiger partial charge is 0.233 e. The van der Waals surface area contributed by atoms with E-state index in [1.165, 1.54) is 35.9 Å². The molecule has 2 aromatic carbocycles. The van der Waals surface area contributed by atoms with Gasteiger partial charge in [0.15, 0.2) is 5.78 Å². The number of anilines is 2. The van der Waals surface area contributed by atoms with Crippen molar-refractivity contribution in [1.29, 1.82) is 0 Å². The molecule has 0 bridgehead atoms. The molecule has 10 heteroatoms. The second kappa shape index (κ2) is 14.8. The number of aromatic nitrogens is 2. The van der Waals surface area contributed by atoms with Gasteiger partial charge in [0, 0.05) is 59.5 Å². The molecular weight excluding hydrogens is 601 g/mol. The normalized spacial score (nSPS) is 18.8. The number of benzene rings is 2. The van der Waals surface area contributed by atoms with Crippen LogP contribution >= 0.6 is 35.0 Å². The summed E-state index contributed by atoms with van der Waals surface area (Å²) in [5.74, 6) is 2.16. The first-order valence-corrected chi connectivity index (χ1v) is 16.8. The third kappa shape index (κ3) is 8.64. The summed E-state index contributed by atoms with van der Waals surface area (Å²) in [7, 11) is 4.08. The molecule has 7 nitrogen and oxygen atoms in total. The number of nitrogens with zero attached hydrogens (tertiary/aromatic N) is 3. The van der Waals surface area contributed by atoms with Crippen molar-refractivity contribution in [3.63, 3.8) is 0 Å². The molecule has 1 amide bonds. The fraction of sp³-hybridized carbons (Fsp3) is 0.455. The molecule has 228 valence electrons. The summed E-state index contributed by atoms with van der Waals surface area (Å²) in [4.78, 5) is 38.5. The van der Waals surface area contributed by atoms with Gasteiger partial charge in [-0.3, -0.25) is 9.59 Å². The third-order valence-electron chi connectivity index (χ3n) is 8.19. The number of aryl methyl sites for hydroxylation is 1. The maximum Gasteiger partial charge on any atom is 0.233 e. The predicted molar refractivity (Wildman–Crippen MR) is 178 cm³/mol. The third-order valence-corrected chi connectivity index (χ3v) is 9.97. The summed E-state index contributed by atoms with van der Waals surface area (Å²) in [6.45, 7) is 0. The topological polar surface area (TPSA) is 87.2 Å². The van der Waals surface area contributed by atoms with E-state index < -0.39 is 5.25 Å². The number of nitrogens with one attached hydrogen (secondary N) is 2. The van der Waals surface area contributed by atoms with Crippen LogP contribution in [0.2, 0.25) is 10.0 Å². The zero-order valence-electron chi connectivity index (χ0n) is 24.7. The largest absolute Gasteiger partial charge is 0.362 e. The van der Waals surface area contributed by atoms with Crippen LogP contribution in [0.3, 0.4) is 0 Å². The van der Waals surface area contributed by atoms with E-state index in [0.29, 0.717) is 27.3 Å². The summed E-state index contributed by atoms with van der Waals surface area (Å²) in [5.41, 5.74) is 4.07. The van der Waals surface area contributed by atoms with E-state index in [-0.39, 0.29) is 30.2 Å². The van der Waals surface area contributed by atoms with E-state index in [4.69, 9.17) is 33.2 Å². The number of hydrogen-bond donors (Lipinski definition) is 2. The Bertz CT molecular complexity index is 1410. The summed E-state index contributed by atoms with van der Waals surface area (Å²) in [5, 5.41) is 7.58. The fourth-order valence-electron chi connectivity index (χ4n) is 5.79. The van der Waals surface area contributed by atoms with E-state index in [1.54, 1.807) is 24.3 Å². The van der Waals surface area contributed by atoms with Crippen molar-refractivity contribution >= 4 is 58.4 Å². The molecule has 1 fully saturated rings. The molecule has 1 saturated carbocycles. The molecule has 2 aliphatic carbocycles. The first-order chi connectivity index (χ1) is 20.7. The average molecular weight is 641 g/mol. The number of ketones is 1. The Morgan fingerprint density at radius 2 is 1.53 bits per heavy atom. The van der Waals surface area contributed by atoms with E-state index in [9.17, 15) is 9.59 Å². The van der Waals surface area contributed by atoms with Crippen LogP contribution in [0.1, 0.15) is 72.1 Å². The lowest BCUT2D eigenvalue weighted by atomic mass is 9.91. The van der Waals surface area contributed by atoms with Gasteiger partial charge >= 0.3 is 0 Å². The number of Topliss-reactive ketones (excluding diaryl/α,β-unsaturated/α-hetero) is 1. The minimum atomic E-state index is -0.511. The molecule has 1 atom stereocenters. The Balaban J connectivity index is 1.19. The van der Waals surface area contributed by atoms with Crippen LogP contribution in [-0.2, 0) is 23.4 Å². The van der Waals surface area contributed by atoms with Gasteiger partial charge in [0.1, 0.15) is 5.82 Å². The molecule has 1 aromatic heterocycles. The SMILES string of the molecule is CN(C)c1nc(N[C@H]2CC[C@@H](NC(=O)C(CC(=O)c3ccc(Cl)cc3)SCc3ccc(Cl)cc3)CC2)nc2c1CCCC2. The molecule has 1 heterocycles. The number of carbonyl (C=O) groups is 2. The summed E-state index contributed by atoms with van der Waals surface area (Å²) in [6, 6.07) is 14.7. The Labute approximate surface area is 268 Å². The maximum absolute atomic E-state index is 13.6. The number of amides is 1. The Morgan fingerprint density at radius 3 is 2.21 bits per heavy atom. The number of carbonyl (C=O) groups excluding carboxylic acids is 2. The lowest BCUT2D eigenvalue weighted by Crippen LogP contribution is -2.44. The van der Waals surface area contributed by atoms with Crippen LogP contribution in [0.5, 0.6) is 0 Å². The van der Waals surface area contributed by atoms with Crippen LogP contribution in [0.4, 0.5) is 11.8 Å². The summed E-state index contributed by atoms with van der Waals surface area (Å²) >= 11 is 13.5. The van der Waals surface area contributed by atoms with Crippen LogP contribution in [0.25, 0.3) is 0 Å². The van der Waals surface area contributed by atoms with Crippen LogP contribution in [0, 0.1) is 0 Å². The van der Waals surface area contributed by atoms with Gasteiger partial charge in [0.2, 0.25) is 11.9 Å². The molecule has 0 radical (unpaired) electrons. The Kier molecular flexibility index (Phi) is 10.9. The molecule has 0 aliphatic heterocycles. The van der Waals surface area contributed by atoms with Crippen molar-refractivity contribution < 1.29 is 9.59 Å². The fourth-order valence-corrected chi connectivity index (χ4v) is 7.12. The van der Waals surface area contributed by atoms with Crippen LogP contribution in [0.15, 0.2) is 48.5 Å². The Hall–Kier alpha value is -2.81. The van der Waals surface area contributed by atoms with Gasteiger partial charge in [-0.2, -0.15) is 4.98 Å².